The predicted molar refractivity (Wildman–Crippen MR) is 83.5 cm³/mol. The zero-order chi connectivity index (χ0) is 14.2. The summed E-state index contributed by atoms with van der Waals surface area (Å²) < 4.78 is 2.01. The summed E-state index contributed by atoms with van der Waals surface area (Å²) in [6.45, 7) is 6.80. The highest BCUT2D eigenvalue weighted by Gasteiger charge is 2.04. The van der Waals surface area contributed by atoms with Crippen LogP contribution in [0.15, 0.2) is 37.2 Å². The molecule has 0 aliphatic carbocycles. The van der Waals surface area contributed by atoms with Gasteiger partial charge in [0, 0.05) is 6.42 Å². The first-order valence-corrected chi connectivity index (χ1v) is 7.41. The molecule has 3 nitrogen and oxygen atoms in total. The van der Waals surface area contributed by atoms with Gasteiger partial charge in [0.05, 0.1) is 6.54 Å². The van der Waals surface area contributed by atoms with Crippen molar-refractivity contribution in [1.82, 2.24) is 14.8 Å². The summed E-state index contributed by atoms with van der Waals surface area (Å²) in [7, 11) is 0. The van der Waals surface area contributed by atoms with Gasteiger partial charge in [-0.2, -0.15) is 5.10 Å². The minimum absolute atomic E-state index is 0.792. The highest BCUT2D eigenvalue weighted by Crippen LogP contribution is 2.10. The molecule has 0 unspecified atom stereocenters. The number of aromatic nitrogens is 3. The molecule has 0 saturated heterocycles. The van der Waals surface area contributed by atoms with E-state index in [1.54, 1.807) is 6.33 Å². The normalized spacial score (nSPS) is 10.7. The van der Waals surface area contributed by atoms with Crippen LogP contribution >= 0.6 is 0 Å². The number of benzene rings is 1. The minimum atomic E-state index is 0.792. The van der Waals surface area contributed by atoms with E-state index >= 15 is 0 Å². The van der Waals surface area contributed by atoms with Gasteiger partial charge >= 0.3 is 0 Å². The lowest BCUT2D eigenvalue weighted by Crippen LogP contribution is -2.07. The Morgan fingerprint density at radius 3 is 2.65 bits per heavy atom. The Hall–Kier alpha value is -1.90. The molecule has 20 heavy (non-hydrogen) atoms. The van der Waals surface area contributed by atoms with Crippen molar-refractivity contribution >= 4 is 6.08 Å². The molecule has 0 spiro atoms. The molecule has 0 N–H and O–H groups in total. The van der Waals surface area contributed by atoms with Crippen LogP contribution in [0.2, 0.25) is 0 Å². The first-order chi connectivity index (χ1) is 9.83. The average molecular weight is 269 g/mol. The van der Waals surface area contributed by atoms with E-state index in [2.05, 4.69) is 47.9 Å². The second-order valence-electron chi connectivity index (χ2n) is 5.09. The molecule has 1 aromatic heterocycles. The summed E-state index contributed by atoms with van der Waals surface area (Å²) in [5.41, 5.74) is 2.39. The van der Waals surface area contributed by atoms with Crippen LogP contribution in [-0.4, -0.2) is 14.8 Å². The van der Waals surface area contributed by atoms with Gasteiger partial charge in [0.2, 0.25) is 0 Å². The summed E-state index contributed by atoms with van der Waals surface area (Å²) in [6.07, 6.45) is 9.58. The molecule has 1 aromatic carbocycles. The van der Waals surface area contributed by atoms with Crippen LogP contribution < -0.4 is 0 Å². The van der Waals surface area contributed by atoms with Gasteiger partial charge < -0.3 is 0 Å². The SMILES string of the molecule is C=Cc1ccc(Cn2ncnc2CCCCCC)cc1. The Morgan fingerprint density at radius 1 is 1.15 bits per heavy atom. The van der Waals surface area contributed by atoms with Gasteiger partial charge in [-0.3, -0.25) is 0 Å². The molecule has 3 heteroatoms. The standard InChI is InChI=1S/C17H23N3/c1-3-5-6-7-8-17-18-14-19-20(17)13-16-11-9-15(4-2)10-12-16/h4,9-12,14H,2-3,5-8,13H2,1H3. The van der Waals surface area contributed by atoms with Crippen LogP contribution in [0.3, 0.4) is 0 Å². The van der Waals surface area contributed by atoms with Crippen molar-refractivity contribution in [3.8, 4) is 0 Å². The number of nitrogens with zero attached hydrogens (tertiary/aromatic N) is 3. The molecule has 1 heterocycles. The van der Waals surface area contributed by atoms with Crippen molar-refractivity contribution in [2.24, 2.45) is 0 Å². The maximum absolute atomic E-state index is 4.38. The Balaban J connectivity index is 1.95. The fourth-order valence-electron chi connectivity index (χ4n) is 2.26. The Morgan fingerprint density at radius 2 is 1.95 bits per heavy atom. The van der Waals surface area contributed by atoms with E-state index in [0.717, 1.165) is 24.4 Å². The van der Waals surface area contributed by atoms with Crippen LogP contribution in [0.25, 0.3) is 6.08 Å². The quantitative estimate of drug-likeness (QED) is 0.676. The highest BCUT2D eigenvalue weighted by atomic mass is 15.3. The summed E-state index contributed by atoms with van der Waals surface area (Å²) in [5.74, 6) is 1.09. The van der Waals surface area contributed by atoms with Gasteiger partial charge in [-0.15, -0.1) is 0 Å². The third-order valence-corrected chi connectivity index (χ3v) is 3.50. The van der Waals surface area contributed by atoms with E-state index in [1.807, 2.05) is 10.8 Å². The Kier molecular flexibility index (Phi) is 5.54. The first-order valence-electron chi connectivity index (χ1n) is 7.41. The van der Waals surface area contributed by atoms with Crippen molar-refractivity contribution in [3.05, 3.63) is 54.1 Å². The molecule has 0 amide bonds. The van der Waals surface area contributed by atoms with Crippen LogP contribution in [0.5, 0.6) is 0 Å². The molecule has 0 aliphatic rings. The summed E-state index contributed by atoms with van der Waals surface area (Å²) in [5, 5.41) is 4.34. The number of unbranched alkanes of at least 4 members (excludes halogenated alkanes) is 3. The summed E-state index contributed by atoms with van der Waals surface area (Å²) in [6, 6.07) is 8.42. The highest BCUT2D eigenvalue weighted by molar-refractivity contribution is 5.47. The van der Waals surface area contributed by atoms with Crippen molar-refractivity contribution in [2.45, 2.75) is 45.6 Å². The van der Waals surface area contributed by atoms with Crippen LogP contribution in [-0.2, 0) is 13.0 Å². The minimum Gasteiger partial charge on any atom is -0.246 e. The molecule has 0 fully saturated rings. The van der Waals surface area contributed by atoms with E-state index in [1.165, 1.54) is 31.2 Å². The molecule has 2 aromatic rings. The van der Waals surface area contributed by atoms with Crippen LogP contribution in [0, 0.1) is 0 Å². The van der Waals surface area contributed by atoms with Gasteiger partial charge in [-0.25, -0.2) is 9.67 Å². The lowest BCUT2D eigenvalue weighted by atomic mass is 10.1. The van der Waals surface area contributed by atoms with Gasteiger partial charge in [0.1, 0.15) is 12.2 Å². The third kappa shape index (κ3) is 4.05. The molecule has 0 saturated carbocycles. The van der Waals surface area contributed by atoms with Crippen molar-refractivity contribution in [2.75, 3.05) is 0 Å². The molecular formula is C17H23N3. The zero-order valence-electron chi connectivity index (χ0n) is 12.3. The molecule has 0 radical (unpaired) electrons. The lowest BCUT2D eigenvalue weighted by molar-refractivity contribution is 0.596. The number of rotatable bonds is 8. The maximum atomic E-state index is 4.38. The number of hydrogen-bond donors (Lipinski definition) is 0. The smallest absolute Gasteiger partial charge is 0.138 e. The molecule has 2 rings (SSSR count). The molecular weight excluding hydrogens is 246 g/mol. The topological polar surface area (TPSA) is 30.7 Å². The Bertz CT molecular complexity index is 525. The van der Waals surface area contributed by atoms with Gasteiger partial charge in [0.25, 0.3) is 0 Å². The largest absolute Gasteiger partial charge is 0.246 e. The summed E-state index contributed by atoms with van der Waals surface area (Å²) in [4.78, 5) is 4.38. The van der Waals surface area contributed by atoms with Crippen LogP contribution in [0.1, 0.15) is 49.6 Å². The maximum Gasteiger partial charge on any atom is 0.138 e. The van der Waals surface area contributed by atoms with E-state index in [-0.39, 0.29) is 0 Å². The fourth-order valence-corrected chi connectivity index (χ4v) is 2.26. The molecule has 0 atom stereocenters. The first kappa shape index (κ1) is 14.5. The Labute approximate surface area is 121 Å². The van der Waals surface area contributed by atoms with Gasteiger partial charge in [-0.05, 0) is 17.5 Å². The van der Waals surface area contributed by atoms with Gasteiger partial charge in [-0.1, -0.05) is 63.1 Å². The van der Waals surface area contributed by atoms with Crippen molar-refractivity contribution in [1.29, 1.82) is 0 Å². The van der Waals surface area contributed by atoms with E-state index in [4.69, 9.17) is 0 Å². The second-order valence-corrected chi connectivity index (χ2v) is 5.09. The number of aryl methyl sites for hydroxylation is 1. The van der Waals surface area contributed by atoms with Crippen molar-refractivity contribution in [3.63, 3.8) is 0 Å². The zero-order valence-corrected chi connectivity index (χ0v) is 12.3. The molecule has 106 valence electrons. The molecule has 0 aliphatic heterocycles. The second kappa shape index (κ2) is 7.63. The number of hydrogen-bond acceptors (Lipinski definition) is 2. The molecule has 0 bridgehead atoms. The average Bonchev–Trinajstić information content (AvgIpc) is 2.92. The van der Waals surface area contributed by atoms with Gasteiger partial charge in [0.15, 0.2) is 0 Å². The van der Waals surface area contributed by atoms with E-state index in [0.29, 0.717) is 0 Å². The van der Waals surface area contributed by atoms with E-state index < -0.39 is 0 Å². The van der Waals surface area contributed by atoms with Crippen LogP contribution in [0.4, 0.5) is 0 Å². The van der Waals surface area contributed by atoms with Crippen molar-refractivity contribution < 1.29 is 0 Å². The lowest BCUT2D eigenvalue weighted by Gasteiger charge is -2.06. The predicted octanol–water partition coefficient (Wildman–Crippen LogP) is 4.09. The monoisotopic (exact) mass is 269 g/mol. The van der Waals surface area contributed by atoms with E-state index in [9.17, 15) is 0 Å². The summed E-state index contributed by atoms with van der Waals surface area (Å²) >= 11 is 0. The fraction of sp³-hybridized carbons (Fsp3) is 0.412. The third-order valence-electron chi connectivity index (χ3n) is 3.50.